The Morgan fingerprint density at radius 3 is 2.71 bits per heavy atom. The van der Waals surface area contributed by atoms with Gasteiger partial charge in [0, 0.05) is 6.42 Å². The van der Waals surface area contributed by atoms with Gasteiger partial charge in [0.1, 0.15) is 0 Å². The van der Waals surface area contributed by atoms with E-state index in [0.717, 1.165) is 12.8 Å². The Labute approximate surface area is 44.0 Å². The van der Waals surface area contributed by atoms with Crippen molar-refractivity contribution in [1.29, 1.82) is 5.26 Å². The van der Waals surface area contributed by atoms with Crippen molar-refractivity contribution in [2.75, 3.05) is 0 Å². The van der Waals surface area contributed by atoms with E-state index in [-0.39, 0.29) is 0 Å². The highest BCUT2D eigenvalue weighted by Crippen LogP contribution is 2.35. The van der Waals surface area contributed by atoms with Gasteiger partial charge < -0.3 is 0 Å². The van der Waals surface area contributed by atoms with Gasteiger partial charge in [0.05, 0.1) is 6.07 Å². The summed E-state index contributed by atoms with van der Waals surface area (Å²) in [5.41, 5.74) is 0. The summed E-state index contributed by atoms with van der Waals surface area (Å²) in [5.74, 6) is 1.58. The van der Waals surface area contributed by atoms with Gasteiger partial charge in [0.25, 0.3) is 0 Å². The summed E-state index contributed by atoms with van der Waals surface area (Å²) in [6.07, 6.45) is 4.38. The Morgan fingerprint density at radius 2 is 2.29 bits per heavy atom. The third-order valence-electron chi connectivity index (χ3n) is 1.19. The Bertz CT molecular complexity index is 86.8. The fourth-order valence-electron chi connectivity index (χ4n) is 0.571. The second-order valence-corrected chi connectivity index (χ2v) is 1.91. The summed E-state index contributed by atoms with van der Waals surface area (Å²) >= 11 is 0. The summed E-state index contributed by atoms with van der Waals surface area (Å²) < 4.78 is 0. The molecule has 0 atom stereocenters. The highest BCUT2D eigenvalue weighted by atomic mass is 14.3. The van der Waals surface area contributed by atoms with E-state index in [0.29, 0.717) is 0 Å². The maximum absolute atomic E-state index is 8.08. The van der Waals surface area contributed by atoms with Gasteiger partial charge in [-0.3, -0.25) is 0 Å². The van der Waals surface area contributed by atoms with E-state index >= 15 is 0 Å². The van der Waals surface area contributed by atoms with Crippen LogP contribution in [0.25, 0.3) is 0 Å². The van der Waals surface area contributed by atoms with Crippen LogP contribution in [0.1, 0.15) is 25.7 Å². The van der Waals surface area contributed by atoms with Crippen LogP contribution in [0.3, 0.4) is 0 Å². The van der Waals surface area contributed by atoms with E-state index in [2.05, 4.69) is 6.07 Å². The molecule has 0 aromatic rings. The highest BCUT2D eigenvalue weighted by Gasteiger charge is 2.20. The lowest BCUT2D eigenvalue weighted by atomic mass is 10.2. The van der Waals surface area contributed by atoms with E-state index in [1.807, 2.05) is 0 Å². The van der Waals surface area contributed by atoms with Crippen LogP contribution in [-0.4, -0.2) is 0 Å². The lowest BCUT2D eigenvalue weighted by Gasteiger charge is -1.80. The normalized spacial score (nSPS) is 18.7. The molecule has 1 radical (unpaired) electrons. The molecule has 0 aromatic heterocycles. The average molecular weight is 94.1 g/mol. The summed E-state index contributed by atoms with van der Waals surface area (Å²) in [5, 5.41) is 8.08. The topological polar surface area (TPSA) is 23.8 Å². The second kappa shape index (κ2) is 1.97. The van der Waals surface area contributed by atoms with Gasteiger partial charge in [0.15, 0.2) is 0 Å². The molecule has 1 rings (SSSR count). The predicted octanol–water partition coefficient (Wildman–Crippen LogP) is 1.66. The maximum atomic E-state index is 8.08. The zero-order chi connectivity index (χ0) is 5.11. The van der Waals surface area contributed by atoms with Crippen LogP contribution < -0.4 is 0 Å². The molecular formula is C6H8N. The largest absolute Gasteiger partial charge is 0.198 e. The van der Waals surface area contributed by atoms with Crippen LogP contribution in [-0.2, 0) is 0 Å². The van der Waals surface area contributed by atoms with Gasteiger partial charge >= 0.3 is 0 Å². The van der Waals surface area contributed by atoms with Crippen molar-refractivity contribution in [2.45, 2.75) is 25.7 Å². The van der Waals surface area contributed by atoms with Gasteiger partial charge in [-0.15, -0.1) is 0 Å². The molecule has 0 saturated heterocycles. The minimum Gasteiger partial charge on any atom is -0.198 e. The quantitative estimate of drug-likeness (QED) is 0.510. The van der Waals surface area contributed by atoms with Gasteiger partial charge in [-0.2, -0.15) is 5.26 Å². The zero-order valence-corrected chi connectivity index (χ0v) is 4.28. The predicted molar refractivity (Wildman–Crippen MR) is 27.3 cm³/mol. The molecule has 0 N–H and O–H groups in total. The summed E-state index contributed by atoms with van der Waals surface area (Å²) in [7, 11) is 0. The molecule has 1 aliphatic rings. The highest BCUT2D eigenvalue weighted by molar-refractivity contribution is 5.05. The second-order valence-electron chi connectivity index (χ2n) is 1.91. The Kier molecular flexibility index (Phi) is 1.31. The molecule has 0 bridgehead atoms. The summed E-state index contributed by atoms with van der Waals surface area (Å²) in [4.78, 5) is 0. The number of nitrogens with zero attached hydrogens (tertiary/aromatic N) is 1. The van der Waals surface area contributed by atoms with Crippen LogP contribution in [0.2, 0.25) is 0 Å². The molecule has 7 heavy (non-hydrogen) atoms. The minimum absolute atomic E-state index is 0.731. The van der Waals surface area contributed by atoms with Crippen molar-refractivity contribution < 1.29 is 0 Å². The first-order chi connectivity index (χ1) is 3.43. The van der Waals surface area contributed by atoms with Crippen LogP contribution in [0, 0.1) is 17.2 Å². The van der Waals surface area contributed by atoms with Crippen LogP contribution >= 0.6 is 0 Å². The number of hydrogen-bond acceptors (Lipinski definition) is 1. The van der Waals surface area contributed by atoms with Gasteiger partial charge in [0.2, 0.25) is 0 Å². The lowest BCUT2D eigenvalue weighted by molar-refractivity contribution is 0.960. The molecule has 1 heteroatoms. The third-order valence-corrected chi connectivity index (χ3v) is 1.19. The third kappa shape index (κ3) is 1.59. The molecule has 1 aliphatic carbocycles. The molecule has 0 aromatic carbocycles. The first-order valence-electron chi connectivity index (χ1n) is 2.64. The Morgan fingerprint density at radius 1 is 1.57 bits per heavy atom. The minimum atomic E-state index is 0.731. The van der Waals surface area contributed by atoms with Crippen molar-refractivity contribution in [3.8, 4) is 6.07 Å². The molecule has 0 amide bonds. The fourth-order valence-corrected chi connectivity index (χ4v) is 0.571. The first-order valence-corrected chi connectivity index (χ1v) is 2.64. The van der Waals surface area contributed by atoms with Crippen molar-refractivity contribution >= 4 is 0 Å². The van der Waals surface area contributed by atoms with Crippen LogP contribution in [0.15, 0.2) is 0 Å². The Balaban J connectivity index is 1.91. The summed E-state index contributed by atoms with van der Waals surface area (Å²) in [6, 6.07) is 2.12. The van der Waals surface area contributed by atoms with E-state index in [1.54, 1.807) is 5.92 Å². The monoisotopic (exact) mass is 94.1 g/mol. The average Bonchev–Trinajstić information content (AvgIpc) is 2.42. The molecule has 0 aliphatic heterocycles. The lowest BCUT2D eigenvalue weighted by Crippen LogP contribution is -1.68. The van der Waals surface area contributed by atoms with Crippen molar-refractivity contribution in [3.05, 3.63) is 5.92 Å². The smallest absolute Gasteiger partial charge is 0.0621 e. The Hall–Kier alpha value is -0.510. The zero-order valence-electron chi connectivity index (χ0n) is 4.28. The molecule has 0 heterocycles. The molecule has 1 saturated carbocycles. The summed E-state index contributed by atoms with van der Waals surface area (Å²) in [6.45, 7) is 0. The maximum Gasteiger partial charge on any atom is 0.0621 e. The van der Waals surface area contributed by atoms with Crippen LogP contribution in [0.5, 0.6) is 0 Å². The standard InChI is InChI=1S/C6H8N/c7-5-1-2-6-3-4-6/h1-4H2. The molecule has 0 unspecified atom stereocenters. The molecule has 0 spiro atoms. The molecule has 37 valence electrons. The van der Waals surface area contributed by atoms with Crippen molar-refractivity contribution in [1.82, 2.24) is 0 Å². The number of hydrogen-bond donors (Lipinski definition) is 0. The first kappa shape index (κ1) is 4.64. The number of nitriles is 1. The van der Waals surface area contributed by atoms with Gasteiger partial charge in [-0.05, 0) is 25.2 Å². The molecular weight excluding hydrogens is 86.1 g/mol. The van der Waals surface area contributed by atoms with Crippen molar-refractivity contribution in [2.24, 2.45) is 0 Å². The van der Waals surface area contributed by atoms with Crippen molar-refractivity contribution in [3.63, 3.8) is 0 Å². The van der Waals surface area contributed by atoms with Gasteiger partial charge in [-0.25, -0.2) is 0 Å². The molecule has 1 fully saturated rings. The van der Waals surface area contributed by atoms with E-state index in [9.17, 15) is 0 Å². The SMILES string of the molecule is N#CCC[C]1CC1. The number of rotatable bonds is 2. The van der Waals surface area contributed by atoms with Crippen LogP contribution in [0.4, 0.5) is 0 Å². The fraction of sp³-hybridized carbons (Fsp3) is 0.667. The van der Waals surface area contributed by atoms with E-state index < -0.39 is 0 Å². The molecule has 1 nitrogen and oxygen atoms in total. The van der Waals surface area contributed by atoms with E-state index in [4.69, 9.17) is 5.26 Å². The van der Waals surface area contributed by atoms with Gasteiger partial charge in [-0.1, -0.05) is 0 Å². The van der Waals surface area contributed by atoms with E-state index in [1.165, 1.54) is 12.8 Å².